The second-order valence-electron chi connectivity index (χ2n) is 8.66. The average molecular weight is 620 g/mol. The number of hydrazone groups is 1. The summed E-state index contributed by atoms with van der Waals surface area (Å²) in [7, 11) is -2.29. The van der Waals surface area contributed by atoms with E-state index in [0.29, 0.717) is 0 Å². The van der Waals surface area contributed by atoms with E-state index in [-0.39, 0.29) is 17.2 Å². The van der Waals surface area contributed by atoms with Crippen LogP contribution in [0.1, 0.15) is 42.0 Å². The van der Waals surface area contributed by atoms with Crippen LogP contribution in [-0.4, -0.2) is 33.7 Å². The van der Waals surface area contributed by atoms with E-state index in [1.807, 2.05) is 49.4 Å². The van der Waals surface area contributed by atoms with Crippen molar-refractivity contribution in [3.63, 3.8) is 0 Å². The Balaban J connectivity index is 1.82. The molecule has 7 nitrogen and oxygen atoms in total. The van der Waals surface area contributed by atoms with Gasteiger partial charge in [0.25, 0.3) is 5.91 Å². The van der Waals surface area contributed by atoms with Crippen LogP contribution in [0.5, 0.6) is 5.75 Å². The van der Waals surface area contributed by atoms with Gasteiger partial charge in [0.2, 0.25) is 10.0 Å². The minimum Gasteiger partial charge on any atom is -0.496 e. The highest BCUT2D eigenvalue weighted by molar-refractivity contribution is 14.1. The second kappa shape index (κ2) is 12.5. The minimum atomic E-state index is -3.93. The number of nitrogens with one attached hydrogen (secondary N) is 2. The summed E-state index contributed by atoms with van der Waals surface area (Å²) in [6, 6.07) is 18.5. The number of methoxy groups -OCH3 is 1. The van der Waals surface area contributed by atoms with Crippen molar-refractivity contribution in [2.45, 2.75) is 44.0 Å². The number of halogens is 1. The first-order valence-electron chi connectivity index (χ1n) is 11.4. The van der Waals surface area contributed by atoms with E-state index < -0.39 is 22.0 Å². The number of nitrogens with zero attached hydrogens (tertiary/aromatic N) is 1. The Morgan fingerprint density at radius 1 is 1.08 bits per heavy atom. The van der Waals surface area contributed by atoms with Gasteiger partial charge in [0.15, 0.2) is 0 Å². The summed E-state index contributed by atoms with van der Waals surface area (Å²) < 4.78 is 35.0. The first-order valence-corrected chi connectivity index (χ1v) is 14.0. The van der Waals surface area contributed by atoms with E-state index >= 15 is 0 Å². The molecular formula is C27H30IN3O4S. The molecule has 0 aliphatic rings. The highest BCUT2D eigenvalue weighted by atomic mass is 127. The number of carbonyl (C=O) groups is 1. The summed E-state index contributed by atoms with van der Waals surface area (Å²) in [6.07, 6.45) is 1.73. The van der Waals surface area contributed by atoms with Gasteiger partial charge in [-0.25, -0.2) is 13.8 Å². The number of hydrogen-bond donors (Lipinski definition) is 2. The lowest BCUT2D eigenvalue weighted by atomic mass is 9.97. The number of rotatable bonds is 10. The van der Waals surface area contributed by atoms with Crippen LogP contribution >= 0.6 is 22.6 Å². The summed E-state index contributed by atoms with van der Waals surface area (Å²) in [4.78, 5) is 13.2. The van der Waals surface area contributed by atoms with Crippen molar-refractivity contribution in [1.82, 2.24) is 10.1 Å². The molecule has 0 unspecified atom stereocenters. The smallest absolute Gasteiger partial charge is 0.258 e. The van der Waals surface area contributed by atoms with Gasteiger partial charge in [-0.3, -0.25) is 4.79 Å². The van der Waals surface area contributed by atoms with Crippen molar-refractivity contribution in [2.75, 3.05) is 7.11 Å². The van der Waals surface area contributed by atoms with Crippen LogP contribution in [0.2, 0.25) is 0 Å². The van der Waals surface area contributed by atoms with E-state index in [9.17, 15) is 13.2 Å². The molecule has 0 radical (unpaired) electrons. The monoisotopic (exact) mass is 619 g/mol. The third-order valence-electron chi connectivity index (χ3n) is 5.64. The third-order valence-corrected chi connectivity index (χ3v) is 7.85. The summed E-state index contributed by atoms with van der Waals surface area (Å²) >= 11 is 2.10. The van der Waals surface area contributed by atoms with E-state index in [1.54, 1.807) is 25.5 Å². The maximum absolute atomic E-state index is 13.1. The predicted octanol–water partition coefficient (Wildman–Crippen LogP) is 4.77. The summed E-state index contributed by atoms with van der Waals surface area (Å²) in [5.74, 6) is 0.490. The molecule has 2 N–H and O–H groups in total. The molecule has 36 heavy (non-hydrogen) atoms. The zero-order valence-corrected chi connectivity index (χ0v) is 23.6. The van der Waals surface area contributed by atoms with Gasteiger partial charge < -0.3 is 4.74 Å². The summed E-state index contributed by atoms with van der Waals surface area (Å²) in [5.41, 5.74) is 6.13. The van der Waals surface area contributed by atoms with Gasteiger partial charge in [-0.2, -0.15) is 9.82 Å². The van der Waals surface area contributed by atoms with Crippen LogP contribution in [0, 0.1) is 10.5 Å². The van der Waals surface area contributed by atoms with Crippen molar-refractivity contribution >= 4 is 44.7 Å². The van der Waals surface area contributed by atoms with Crippen molar-refractivity contribution in [3.8, 4) is 5.75 Å². The molecule has 0 spiro atoms. The topological polar surface area (TPSA) is 96.9 Å². The molecule has 0 aromatic heterocycles. The quantitative estimate of drug-likeness (QED) is 0.194. The number of aryl methyl sites for hydroxylation is 1. The molecule has 3 aromatic carbocycles. The standard InChI is InChI=1S/C27H30IN3O4S/c1-18(2)24-16-21(19(3)14-26(24)35-4)17-29-30-27(32)25(15-20-8-6-5-7-9-20)31-36(33,34)23-12-10-22(28)11-13-23/h5-14,16-18,25,31H,15H2,1-4H3,(H,30,32)/b29-17-/t25-/m1/s1. The fourth-order valence-corrected chi connectivity index (χ4v) is 5.19. The van der Waals surface area contributed by atoms with E-state index in [2.05, 4.69) is 51.7 Å². The van der Waals surface area contributed by atoms with Gasteiger partial charge >= 0.3 is 0 Å². The van der Waals surface area contributed by atoms with Gasteiger partial charge in [-0.1, -0.05) is 44.2 Å². The minimum absolute atomic E-state index is 0.0901. The first-order chi connectivity index (χ1) is 17.1. The molecule has 0 aliphatic carbocycles. The van der Waals surface area contributed by atoms with Gasteiger partial charge in [-0.05, 0) is 101 Å². The molecule has 9 heteroatoms. The fraction of sp³-hybridized carbons (Fsp3) is 0.259. The number of amides is 1. The van der Waals surface area contributed by atoms with E-state index in [0.717, 1.165) is 31.6 Å². The lowest BCUT2D eigenvalue weighted by Gasteiger charge is -2.18. The molecule has 0 bridgehead atoms. The molecule has 0 saturated heterocycles. The molecule has 3 rings (SSSR count). The number of hydrogen-bond acceptors (Lipinski definition) is 5. The largest absolute Gasteiger partial charge is 0.496 e. The molecule has 0 saturated carbocycles. The highest BCUT2D eigenvalue weighted by Gasteiger charge is 2.26. The summed E-state index contributed by atoms with van der Waals surface area (Å²) in [5, 5.41) is 4.13. The van der Waals surface area contributed by atoms with Crippen molar-refractivity contribution in [1.29, 1.82) is 0 Å². The fourth-order valence-electron chi connectivity index (χ4n) is 3.63. The Bertz CT molecular complexity index is 1330. The zero-order valence-electron chi connectivity index (χ0n) is 20.7. The van der Waals surface area contributed by atoms with Crippen LogP contribution in [0.3, 0.4) is 0 Å². The Hall–Kier alpha value is -2.76. The molecule has 0 heterocycles. The third kappa shape index (κ3) is 7.37. The Labute approximate surface area is 226 Å². The molecule has 0 fully saturated rings. The maximum atomic E-state index is 13.1. The van der Waals surface area contributed by atoms with E-state index in [4.69, 9.17) is 4.74 Å². The van der Waals surface area contributed by atoms with Crippen LogP contribution in [0.4, 0.5) is 0 Å². The average Bonchev–Trinajstić information content (AvgIpc) is 2.84. The van der Waals surface area contributed by atoms with Crippen LogP contribution < -0.4 is 14.9 Å². The normalized spacial score (nSPS) is 12.6. The van der Waals surface area contributed by atoms with Crippen LogP contribution in [0.15, 0.2) is 76.7 Å². The summed E-state index contributed by atoms with van der Waals surface area (Å²) in [6.45, 7) is 6.08. The molecule has 1 atom stereocenters. The first kappa shape index (κ1) is 27.8. The van der Waals surface area contributed by atoms with Gasteiger partial charge in [0.1, 0.15) is 11.8 Å². The lowest BCUT2D eigenvalue weighted by Crippen LogP contribution is -2.46. The van der Waals surface area contributed by atoms with Gasteiger partial charge in [-0.15, -0.1) is 0 Å². The molecule has 1 amide bonds. The zero-order chi connectivity index (χ0) is 26.3. The Morgan fingerprint density at radius 2 is 1.75 bits per heavy atom. The van der Waals surface area contributed by atoms with Gasteiger partial charge in [0, 0.05) is 3.57 Å². The number of benzene rings is 3. The van der Waals surface area contributed by atoms with Crippen LogP contribution in [-0.2, 0) is 21.2 Å². The lowest BCUT2D eigenvalue weighted by molar-refractivity contribution is -0.122. The maximum Gasteiger partial charge on any atom is 0.258 e. The second-order valence-corrected chi connectivity index (χ2v) is 11.6. The van der Waals surface area contributed by atoms with Crippen molar-refractivity contribution < 1.29 is 17.9 Å². The molecule has 190 valence electrons. The Kier molecular flexibility index (Phi) is 9.63. The van der Waals surface area contributed by atoms with Crippen molar-refractivity contribution in [2.24, 2.45) is 5.10 Å². The van der Waals surface area contributed by atoms with E-state index in [1.165, 1.54) is 12.1 Å². The SMILES string of the molecule is COc1cc(C)c(/C=N\NC(=O)[C@@H](Cc2ccccc2)NS(=O)(=O)c2ccc(I)cc2)cc1C(C)C. The molecule has 3 aromatic rings. The number of ether oxygens (including phenoxy) is 1. The highest BCUT2D eigenvalue weighted by Crippen LogP contribution is 2.29. The molecule has 0 aliphatic heterocycles. The Morgan fingerprint density at radius 3 is 2.36 bits per heavy atom. The van der Waals surface area contributed by atoms with Crippen LogP contribution in [0.25, 0.3) is 0 Å². The number of sulfonamides is 1. The molecular weight excluding hydrogens is 589 g/mol. The van der Waals surface area contributed by atoms with Gasteiger partial charge in [0.05, 0.1) is 18.2 Å². The van der Waals surface area contributed by atoms with Crippen molar-refractivity contribution in [3.05, 3.63) is 92.6 Å². The predicted molar refractivity (Wildman–Crippen MR) is 151 cm³/mol. The number of carbonyl (C=O) groups excluding carboxylic acids is 1.